The fraction of sp³-hybridized carbons (Fsp3) is 0.471. The lowest BCUT2D eigenvalue weighted by Crippen LogP contribution is -2.42. The minimum atomic E-state index is -3.92. The number of carbonyl (C=O) groups is 1. The lowest BCUT2D eigenvalue weighted by Gasteiger charge is -2.27. The molecule has 0 radical (unpaired) electrons. The highest BCUT2D eigenvalue weighted by Gasteiger charge is 2.15. The third-order valence-electron chi connectivity index (χ3n) is 7.91. The molecule has 4 rings (SSSR count). The van der Waals surface area contributed by atoms with Crippen LogP contribution in [0.15, 0.2) is 59.4 Å². The summed E-state index contributed by atoms with van der Waals surface area (Å²) in [4.78, 5) is 31.7. The Kier molecular flexibility index (Phi) is 16.5. The zero-order valence-electron chi connectivity index (χ0n) is 27.7. The Labute approximate surface area is 286 Å². The largest absolute Gasteiger partial charge is 0.506 e. The number of thiazole rings is 1. The number of aliphatic hydroxyl groups excluding tert-OH is 1. The van der Waals surface area contributed by atoms with E-state index in [2.05, 4.69) is 71.5 Å². The normalized spacial score (nSPS) is 11.6. The Bertz CT molecular complexity index is 1730. The summed E-state index contributed by atoms with van der Waals surface area (Å²) < 4.78 is 33.8. The number of benzene rings is 3. The molecule has 0 saturated heterocycles. The molecule has 1 aromatic heterocycles. The van der Waals surface area contributed by atoms with Crippen LogP contribution in [0.1, 0.15) is 31.4 Å². The first kappa shape index (κ1) is 39.1. The predicted molar refractivity (Wildman–Crippen MR) is 192 cm³/mol. The van der Waals surface area contributed by atoms with Gasteiger partial charge in [0.15, 0.2) is 0 Å². The number of H-pyrrole nitrogens is 1. The number of nitrogens with one attached hydrogen (secondary N) is 2. The van der Waals surface area contributed by atoms with Gasteiger partial charge in [0, 0.05) is 26.2 Å². The molecule has 4 aromatic rings. The summed E-state index contributed by atoms with van der Waals surface area (Å²) in [5.41, 5.74) is 2.79. The SMILES string of the molecule is CCN(CC)CCN(CCNCCc1ccc(O)c2[nH]c(=O)sc12)C(=O)CCOCCc1cccc2ccccc12.O=S(=O)(O)CCO. The number of fused-ring (bicyclic) bond motifs is 2. The zero-order chi connectivity index (χ0) is 34.9. The Hall–Kier alpha value is -3.37. The molecule has 0 fully saturated rings. The molecule has 14 heteroatoms. The third-order valence-corrected chi connectivity index (χ3v) is 9.56. The molecule has 5 N–H and O–H groups in total. The highest BCUT2D eigenvalue weighted by molar-refractivity contribution is 7.85. The summed E-state index contributed by atoms with van der Waals surface area (Å²) in [6.45, 7) is 10.2. The van der Waals surface area contributed by atoms with Crippen molar-refractivity contribution in [3.05, 3.63) is 75.4 Å². The average molecular weight is 705 g/mol. The first-order valence-corrected chi connectivity index (χ1v) is 18.6. The average Bonchev–Trinajstić information content (AvgIpc) is 3.47. The third kappa shape index (κ3) is 12.9. The van der Waals surface area contributed by atoms with Crippen LogP contribution >= 0.6 is 11.3 Å². The second-order valence-corrected chi connectivity index (χ2v) is 13.7. The van der Waals surface area contributed by atoms with Gasteiger partial charge in [-0.1, -0.05) is 73.7 Å². The molecule has 0 spiro atoms. The molecule has 0 saturated carbocycles. The number of aliphatic hydroxyl groups is 1. The molecule has 1 heterocycles. The standard InChI is InChI=1S/C32H42N4O4S.C2H6O4S/c1-3-35(4-2)20-21-36(19-18-33-17-14-26-12-13-28(37)30-31(26)41-32(39)34-30)29(38)16-23-40-22-15-25-10-7-9-24-8-5-6-11-27(24)25;3-1-2-7(4,5)6/h5-13,33,37H,3-4,14-23H2,1-2H3,(H,34,39);3H,1-2H2,(H,4,5,6). The second kappa shape index (κ2) is 20.2. The molecule has 3 aromatic carbocycles. The van der Waals surface area contributed by atoms with Crippen LogP contribution in [-0.2, 0) is 32.5 Å². The molecular formula is C34H48N4O8S2. The van der Waals surface area contributed by atoms with Gasteiger partial charge in [0.05, 0.1) is 36.7 Å². The van der Waals surface area contributed by atoms with Gasteiger partial charge in [0.1, 0.15) is 11.3 Å². The lowest BCUT2D eigenvalue weighted by molar-refractivity contribution is -0.132. The second-order valence-electron chi connectivity index (χ2n) is 11.1. The van der Waals surface area contributed by atoms with Gasteiger partial charge < -0.3 is 35.1 Å². The van der Waals surface area contributed by atoms with Crippen LogP contribution in [0.2, 0.25) is 0 Å². The molecule has 0 atom stereocenters. The maximum atomic E-state index is 13.2. The van der Waals surface area contributed by atoms with Crippen molar-refractivity contribution in [3.8, 4) is 5.75 Å². The summed E-state index contributed by atoms with van der Waals surface area (Å²) in [7, 11) is -3.92. The molecule has 0 aliphatic heterocycles. The van der Waals surface area contributed by atoms with E-state index in [0.29, 0.717) is 51.3 Å². The number of aromatic amines is 1. The summed E-state index contributed by atoms with van der Waals surface area (Å²) in [5.74, 6) is -0.371. The number of hydrogen-bond donors (Lipinski definition) is 5. The number of phenols is 1. The maximum absolute atomic E-state index is 13.2. The molecular weight excluding hydrogens is 657 g/mol. The van der Waals surface area contributed by atoms with E-state index in [1.54, 1.807) is 6.07 Å². The van der Waals surface area contributed by atoms with Gasteiger partial charge >= 0.3 is 4.87 Å². The maximum Gasteiger partial charge on any atom is 0.305 e. The monoisotopic (exact) mass is 704 g/mol. The number of hydrogen-bond acceptors (Lipinski definition) is 10. The first-order chi connectivity index (χ1) is 23.1. The van der Waals surface area contributed by atoms with Crippen LogP contribution in [-0.4, -0.2) is 115 Å². The van der Waals surface area contributed by atoms with Crippen molar-refractivity contribution in [3.63, 3.8) is 0 Å². The summed E-state index contributed by atoms with van der Waals surface area (Å²) in [6.07, 6.45) is 1.91. The highest BCUT2D eigenvalue weighted by Crippen LogP contribution is 2.27. The molecule has 12 nitrogen and oxygen atoms in total. The Morgan fingerprint density at radius 2 is 1.69 bits per heavy atom. The summed E-state index contributed by atoms with van der Waals surface area (Å²) in [6, 6.07) is 18.2. The van der Waals surface area contributed by atoms with Gasteiger partial charge in [-0.2, -0.15) is 8.42 Å². The van der Waals surface area contributed by atoms with E-state index in [-0.39, 0.29) is 16.5 Å². The molecule has 48 heavy (non-hydrogen) atoms. The molecule has 1 amide bonds. The predicted octanol–water partition coefficient (Wildman–Crippen LogP) is 3.27. The van der Waals surface area contributed by atoms with E-state index in [1.165, 1.54) is 16.3 Å². The van der Waals surface area contributed by atoms with Crippen molar-refractivity contribution in [2.24, 2.45) is 0 Å². The summed E-state index contributed by atoms with van der Waals surface area (Å²) >= 11 is 1.12. The molecule has 0 aliphatic carbocycles. The van der Waals surface area contributed by atoms with Gasteiger partial charge in [-0.3, -0.25) is 14.1 Å². The van der Waals surface area contributed by atoms with Gasteiger partial charge in [-0.15, -0.1) is 0 Å². The van der Waals surface area contributed by atoms with Gasteiger partial charge in [-0.25, -0.2) is 0 Å². The fourth-order valence-corrected chi connectivity index (χ4v) is 6.35. The number of ether oxygens (including phenoxy) is 1. The number of nitrogens with zero attached hydrogens (tertiary/aromatic N) is 2. The minimum absolute atomic E-state index is 0.0926. The molecule has 0 bridgehead atoms. The summed E-state index contributed by atoms with van der Waals surface area (Å²) in [5, 5.41) is 23.8. The van der Waals surface area contributed by atoms with Crippen LogP contribution in [0, 0.1) is 0 Å². The van der Waals surface area contributed by atoms with E-state index < -0.39 is 22.5 Å². The van der Waals surface area contributed by atoms with Gasteiger partial charge in [0.2, 0.25) is 5.91 Å². The first-order valence-electron chi connectivity index (χ1n) is 16.2. The van der Waals surface area contributed by atoms with Crippen LogP contribution in [0.3, 0.4) is 0 Å². The number of rotatable bonds is 19. The lowest BCUT2D eigenvalue weighted by atomic mass is 10.0. The number of phenolic OH excluding ortho intramolecular Hbond substituents is 1. The quantitative estimate of drug-likeness (QED) is 0.0721. The number of aromatic nitrogens is 1. The van der Waals surface area contributed by atoms with Crippen LogP contribution in [0.25, 0.3) is 21.0 Å². The van der Waals surface area contributed by atoms with E-state index in [0.717, 1.165) is 54.1 Å². The van der Waals surface area contributed by atoms with E-state index >= 15 is 0 Å². The number of aromatic hydroxyl groups is 1. The topological polar surface area (TPSA) is 172 Å². The molecule has 0 aliphatic rings. The van der Waals surface area contributed by atoms with Crippen LogP contribution < -0.4 is 10.2 Å². The molecule has 0 unspecified atom stereocenters. The number of carbonyl (C=O) groups excluding carboxylic acids is 1. The van der Waals surface area contributed by atoms with E-state index in [4.69, 9.17) is 14.4 Å². The highest BCUT2D eigenvalue weighted by atomic mass is 32.2. The van der Waals surface area contributed by atoms with Gasteiger partial charge in [0.25, 0.3) is 10.1 Å². The van der Waals surface area contributed by atoms with Crippen molar-refractivity contribution >= 4 is 48.4 Å². The van der Waals surface area contributed by atoms with Gasteiger partial charge in [-0.05, 0) is 60.4 Å². The van der Waals surface area contributed by atoms with Crippen molar-refractivity contribution in [2.45, 2.75) is 33.1 Å². The van der Waals surface area contributed by atoms with E-state index in [1.807, 2.05) is 11.0 Å². The van der Waals surface area contributed by atoms with Crippen molar-refractivity contribution < 1.29 is 32.7 Å². The Morgan fingerprint density at radius 3 is 2.40 bits per heavy atom. The Balaban J connectivity index is 0.000000804. The minimum Gasteiger partial charge on any atom is -0.506 e. The zero-order valence-corrected chi connectivity index (χ0v) is 29.3. The van der Waals surface area contributed by atoms with E-state index in [9.17, 15) is 23.1 Å². The van der Waals surface area contributed by atoms with Crippen LogP contribution in [0.4, 0.5) is 0 Å². The van der Waals surface area contributed by atoms with Crippen molar-refractivity contribution in [1.82, 2.24) is 20.1 Å². The number of likely N-dealkylation sites (N-methyl/N-ethyl adjacent to an activating group) is 1. The molecule has 264 valence electrons. The van der Waals surface area contributed by atoms with Crippen molar-refractivity contribution in [2.75, 3.05) is 71.4 Å². The van der Waals surface area contributed by atoms with Crippen LogP contribution in [0.5, 0.6) is 5.75 Å². The smallest absolute Gasteiger partial charge is 0.305 e. The fourth-order valence-electron chi connectivity index (χ4n) is 5.22. The number of amides is 1. The van der Waals surface area contributed by atoms with Crippen molar-refractivity contribution in [1.29, 1.82) is 0 Å². The Morgan fingerprint density at radius 1 is 0.938 bits per heavy atom.